The van der Waals surface area contributed by atoms with Crippen LogP contribution in [0.2, 0.25) is 0 Å². The van der Waals surface area contributed by atoms with Crippen LogP contribution in [-0.2, 0) is 11.2 Å². The third-order valence-electron chi connectivity index (χ3n) is 2.63. The van der Waals surface area contributed by atoms with Crippen molar-refractivity contribution >= 4 is 22.9 Å². The maximum absolute atomic E-state index is 11.4. The van der Waals surface area contributed by atoms with Crippen molar-refractivity contribution in [2.24, 2.45) is 0 Å². The van der Waals surface area contributed by atoms with Crippen LogP contribution >= 0.6 is 0 Å². The van der Waals surface area contributed by atoms with Crippen molar-refractivity contribution in [1.82, 2.24) is 0 Å². The summed E-state index contributed by atoms with van der Waals surface area (Å²) in [6.07, 6.45) is 1.01. The SMILES string of the molecule is CN(C)c1ccc2c(CC=O)cc(=O)oc2c1. The summed E-state index contributed by atoms with van der Waals surface area (Å²) < 4.78 is 5.14. The molecule has 4 heteroatoms. The van der Waals surface area contributed by atoms with Crippen LogP contribution in [0.15, 0.2) is 33.5 Å². The van der Waals surface area contributed by atoms with E-state index < -0.39 is 5.63 Å². The number of hydrogen-bond donors (Lipinski definition) is 0. The Bertz CT molecular complexity index is 614. The van der Waals surface area contributed by atoms with Crippen LogP contribution in [0.25, 0.3) is 11.0 Å². The van der Waals surface area contributed by atoms with Gasteiger partial charge in [-0.2, -0.15) is 0 Å². The van der Waals surface area contributed by atoms with Crippen LogP contribution in [0.5, 0.6) is 0 Å². The van der Waals surface area contributed by atoms with Gasteiger partial charge in [0, 0.05) is 43.7 Å². The molecule has 1 aromatic carbocycles. The second-order valence-corrected chi connectivity index (χ2v) is 4.04. The van der Waals surface area contributed by atoms with Gasteiger partial charge in [0.05, 0.1) is 0 Å². The first-order chi connectivity index (χ1) is 8.11. The van der Waals surface area contributed by atoms with Gasteiger partial charge in [-0.05, 0) is 17.7 Å². The van der Waals surface area contributed by atoms with Crippen molar-refractivity contribution in [3.8, 4) is 0 Å². The van der Waals surface area contributed by atoms with Crippen molar-refractivity contribution in [3.63, 3.8) is 0 Å². The fourth-order valence-electron chi connectivity index (χ4n) is 1.76. The van der Waals surface area contributed by atoms with Crippen molar-refractivity contribution in [3.05, 3.63) is 40.2 Å². The fraction of sp³-hybridized carbons (Fsp3) is 0.231. The standard InChI is InChI=1S/C13H13NO3/c1-14(2)10-3-4-11-9(5-6-15)7-13(16)17-12(11)8-10/h3-4,6-8H,5H2,1-2H3. The fourth-order valence-corrected chi connectivity index (χ4v) is 1.76. The summed E-state index contributed by atoms with van der Waals surface area (Å²) in [4.78, 5) is 23.9. The molecule has 0 aliphatic carbocycles. The number of benzene rings is 1. The van der Waals surface area contributed by atoms with Crippen LogP contribution in [0, 0.1) is 0 Å². The zero-order valence-electron chi connectivity index (χ0n) is 9.77. The molecule has 88 valence electrons. The van der Waals surface area contributed by atoms with Gasteiger partial charge < -0.3 is 14.1 Å². The highest BCUT2D eigenvalue weighted by Crippen LogP contribution is 2.22. The smallest absolute Gasteiger partial charge is 0.336 e. The lowest BCUT2D eigenvalue weighted by molar-refractivity contribution is -0.107. The molecule has 0 aliphatic heterocycles. The number of carbonyl (C=O) groups excluding carboxylic acids is 1. The molecule has 0 amide bonds. The second-order valence-electron chi connectivity index (χ2n) is 4.04. The predicted octanol–water partition coefficient (Wildman–Crippen LogP) is 1.60. The molecule has 2 rings (SSSR count). The molecule has 0 fully saturated rings. The first-order valence-corrected chi connectivity index (χ1v) is 5.29. The molecule has 0 N–H and O–H groups in total. The highest BCUT2D eigenvalue weighted by Gasteiger charge is 2.06. The van der Waals surface area contributed by atoms with E-state index in [9.17, 15) is 9.59 Å². The van der Waals surface area contributed by atoms with E-state index in [0.717, 1.165) is 17.4 Å². The van der Waals surface area contributed by atoms with Gasteiger partial charge in [-0.25, -0.2) is 4.79 Å². The minimum atomic E-state index is -0.426. The number of rotatable bonds is 3. The van der Waals surface area contributed by atoms with Crippen LogP contribution < -0.4 is 10.5 Å². The number of anilines is 1. The molecule has 0 radical (unpaired) electrons. The monoisotopic (exact) mass is 231 g/mol. The zero-order chi connectivity index (χ0) is 12.4. The normalized spacial score (nSPS) is 10.5. The van der Waals surface area contributed by atoms with E-state index in [0.29, 0.717) is 11.1 Å². The summed E-state index contributed by atoms with van der Waals surface area (Å²) >= 11 is 0. The van der Waals surface area contributed by atoms with E-state index in [4.69, 9.17) is 4.42 Å². The summed E-state index contributed by atoms with van der Waals surface area (Å²) in [7, 11) is 3.82. The Labute approximate surface area is 98.5 Å². The number of carbonyl (C=O) groups is 1. The molecule has 0 bridgehead atoms. The number of fused-ring (bicyclic) bond motifs is 1. The average molecular weight is 231 g/mol. The Morgan fingerprint density at radius 2 is 2.06 bits per heavy atom. The van der Waals surface area contributed by atoms with Gasteiger partial charge in [-0.15, -0.1) is 0 Å². The van der Waals surface area contributed by atoms with Crippen LogP contribution in [0.4, 0.5) is 5.69 Å². The topological polar surface area (TPSA) is 50.5 Å². The lowest BCUT2D eigenvalue weighted by Crippen LogP contribution is -2.09. The summed E-state index contributed by atoms with van der Waals surface area (Å²) in [6, 6.07) is 6.96. The van der Waals surface area contributed by atoms with Gasteiger partial charge in [0.2, 0.25) is 0 Å². The van der Waals surface area contributed by atoms with Crippen molar-refractivity contribution in [2.75, 3.05) is 19.0 Å². The number of aldehydes is 1. The van der Waals surface area contributed by atoms with Gasteiger partial charge in [0.15, 0.2) is 0 Å². The van der Waals surface area contributed by atoms with E-state index in [1.165, 1.54) is 6.07 Å². The summed E-state index contributed by atoms with van der Waals surface area (Å²) in [6.45, 7) is 0. The lowest BCUT2D eigenvalue weighted by Gasteiger charge is -2.12. The van der Waals surface area contributed by atoms with E-state index >= 15 is 0 Å². The molecule has 2 aromatic rings. The minimum absolute atomic E-state index is 0.226. The third-order valence-corrected chi connectivity index (χ3v) is 2.63. The Balaban J connectivity index is 2.70. The molecule has 0 atom stereocenters. The second kappa shape index (κ2) is 4.41. The third kappa shape index (κ3) is 2.20. The van der Waals surface area contributed by atoms with Gasteiger partial charge in [-0.1, -0.05) is 0 Å². The Kier molecular flexibility index (Phi) is 2.95. The zero-order valence-corrected chi connectivity index (χ0v) is 9.77. The molecule has 17 heavy (non-hydrogen) atoms. The van der Waals surface area contributed by atoms with E-state index in [1.807, 2.05) is 31.1 Å². The number of nitrogens with zero attached hydrogens (tertiary/aromatic N) is 1. The predicted molar refractivity (Wildman–Crippen MR) is 66.6 cm³/mol. The van der Waals surface area contributed by atoms with Gasteiger partial charge in [0.1, 0.15) is 11.9 Å². The van der Waals surface area contributed by atoms with E-state index in [-0.39, 0.29) is 6.42 Å². The quantitative estimate of drug-likeness (QED) is 0.594. The highest BCUT2D eigenvalue weighted by molar-refractivity contribution is 5.85. The Morgan fingerprint density at radius 3 is 2.71 bits per heavy atom. The maximum atomic E-state index is 11.4. The largest absolute Gasteiger partial charge is 0.423 e. The van der Waals surface area contributed by atoms with Crippen molar-refractivity contribution in [1.29, 1.82) is 0 Å². The molecule has 0 saturated carbocycles. The molecular formula is C13H13NO3. The van der Waals surface area contributed by atoms with Gasteiger partial charge in [0.25, 0.3) is 0 Å². The van der Waals surface area contributed by atoms with Crippen LogP contribution in [0.1, 0.15) is 5.56 Å². The molecule has 0 unspecified atom stereocenters. The molecule has 0 saturated heterocycles. The lowest BCUT2D eigenvalue weighted by atomic mass is 10.1. The Hall–Kier alpha value is -2.10. The van der Waals surface area contributed by atoms with Crippen LogP contribution in [-0.4, -0.2) is 20.4 Å². The summed E-state index contributed by atoms with van der Waals surface area (Å²) in [5.74, 6) is 0. The summed E-state index contributed by atoms with van der Waals surface area (Å²) in [5, 5.41) is 0.808. The summed E-state index contributed by atoms with van der Waals surface area (Å²) in [5.41, 5.74) is 1.74. The minimum Gasteiger partial charge on any atom is -0.423 e. The first-order valence-electron chi connectivity index (χ1n) is 5.29. The van der Waals surface area contributed by atoms with E-state index in [1.54, 1.807) is 6.07 Å². The molecule has 1 aromatic heterocycles. The van der Waals surface area contributed by atoms with Gasteiger partial charge >= 0.3 is 5.63 Å². The van der Waals surface area contributed by atoms with Crippen LogP contribution in [0.3, 0.4) is 0 Å². The van der Waals surface area contributed by atoms with Crippen molar-refractivity contribution < 1.29 is 9.21 Å². The van der Waals surface area contributed by atoms with Crippen molar-refractivity contribution in [2.45, 2.75) is 6.42 Å². The molecular weight excluding hydrogens is 218 g/mol. The first kappa shape index (κ1) is 11.4. The molecule has 0 spiro atoms. The van der Waals surface area contributed by atoms with Gasteiger partial charge in [-0.3, -0.25) is 0 Å². The number of hydrogen-bond acceptors (Lipinski definition) is 4. The molecule has 4 nitrogen and oxygen atoms in total. The molecule has 1 heterocycles. The highest BCUT2D eigenvalue weighted by atomic mass is 16.4. The molecule has 0 aliphatic rings. The Morgan fingerprint density at radius 1 is 1.29 bits per heavy atom. The maximum Gasteiger partial charge on any atom is 0.336 e. The van der Waals surface area contributed by atoms with E-state index in [2.05, 4.69) is 0 Å². The average Bonchev–Trinajstić information content (AvgIpc) is 2.28.